The smallest absolute Gasteiger partial charge is 0.0720 e. The summed E-state index contributed by atoms with van der Waals surface area (Å²) in [4.78, 5) is 0. The van der Waals surface area contributed by atoms with Gasteiger partial charge in [-0.2, -0.15) is 0 Å². The van der Waals surface area contributed by atoms with Gasteiger partial charge in [0, 0.05) is 5.75 Å². The summed E-state index contributed by atoms with van der Waals surface area (Å²) >= 11 is 2.02. The Kier molecular flexibility index (Phi) is 5.33. The van der Waals surface area contributed by atoms with E-state index in [2.05, 4.69) is 24.5 Å². The molecule has 2 heteroatoms. The van der Waals surface area contributed by atoms with Gasteiger partial charge in [0.1, 0.15) is 0 Å². The molecule has 1 heterocycles. The van der Waals surface area contributed by atoms with Crippen LogP contribution in [0.1, 0.15) is 39.0 Å². The van der Waals surface area contributed by atoms with Crippen molar-refractivity contribution in [2.75, 3.05) is 5.75 Å². The van der Waals surface area contributed by atoms with E-state index in [-0.39, 0.29) is 0 Å². The Labute approximate surface area is 80.0 Å². The predicted molar refractivity (Wildman–Crippen MR) is 57.3 cm³/mol. The maximum Gasteiger partial charge on any atom is 0.0720 e. The number of thioether (sulfide) groups is 1. The molecule has 1 unspecified atom stereocenters. The van der Waals surface area contributed by atoms with Gasteiger partial charge in [-0.3, -0.25) is 0 Å². The lowest BCUT2D eigenvalue weighted by Crippen LogP contribution is -2.23. The van der Waals surface area contributed by atoms with E-state index in [9.17, 15) is 0 Å². The average Bonchev–Trinajstić information content (AvgIpc) is 2.14. The molecule has 1 rings (SSSR count). The van der Waals surface area contributed by atoms with Gasteiger partial charge in [0.2, 0.25) is 0 Å². The summed E-state index contributed by atoms with van der Waals surface area (Å²) < 4.78 is 0. The fourth-order valence-corrected chi connectivity index (χ4v) is 2.31. The third-order valence-corrected chi connectivity index (χ3v) is 3.27. The number of nitrogens with one attached hydrogen (secondary N) is 1. The van der Waals surface area contributed by atoms with Crippen molar-refractivity contribution < 1.29 is 0 Å². The Morgan fingerprint density at radius 3 is 3.00 bits per heavy atom. The van der Waals surface area contributed by atoms with E-state index >= 15 is 0 Å². The van der Waals surface area contributed by atoms with Gasteiger partial charge in [0.25, 0.3) is 0 Å². The largest absolute Gasteiger partial charge is 0.379 e. The third-order valence-electron chi connectivity index (χ3n) is 2.11. The summed E-state index contributed by atoms with van der Waals surface area (Å²) in [6.45, 7) is 2.26. The van der Waals surface area contributed by atoms with Crippen LogP contribution < -0.4 is 5.32 Å². The van der Waals surface area contributed by atoms with Gasteiger partial charge in [0.05, 0.1) is 5.37 Å². The van der Waals surface area contributed by atoms with Crippen LogP contribution in [0.3, 0.4) is 0 Å². The second-order valence-electron chi connectivity index (χ2n) is 3.24. The highest BCUT2D eigenvalue weighted by molar-refractivity contribution is 8.00. The maximum atomic E-state index is 3.38. The minimum absolute atomic E-state index is 0.687. The van der Waals surface area contributed by atoms with Crippen LogP contribution >= 0.6 is 11.8 Å². The zero-order chi connectivity index (χ0) is 8.65. The Bertz CT molecular complexity index is 134. The van der Waals surface area contributed by atoms with E-state index in [1.54, 1.807) is 0 Å². The molecule has 0 saturated carbocycles. The highest BCUT2D eigenvalue weighted by Gasteiger charge is 2.07. The Balaban J connectivity index is 1.95. The summed E-state index contributed by atoms with van der Waals surface area (Å²) in [7, 11) is 0. The summed E-state index contributed by atoms with van der Waals surface area (Å²) in [5, 5.41) is 4.07. The van der Waals surface area contributed by atoms with Crippen molar-refractivity contribution in [1.82, 2.24) is 5.32 Å². The molecular formula is C10H19NS. The van der Waals surface area contributed by atoms with E-state index in [1.165, 1.54) is 37.9 Å². The Hall–Kier alpha value is -0.110. The molecule has 0 fully saturated rings. The molecule has 1 aliphatic heterocycles. The molecule has 0 aliphatic carbocycles. The van der Waals surface area contributed by atoms with Gasteiger partial charge in [-0.15, -0.1) is 11.8 Å². The van der Waals surface area contributed by atoms with Crippen LogP contribution in [0.4, 0.5) is 0 Å². The van der Waals surface area contributed by atoms with Crippen LogP contribution in [0.25, 0.3) is 0 Å². The van der Waals surface area contributed by atoms with Gasteiger partial charge in [-0.25, -0.2) is 0 Å². The number of hydrogen-bond acceptors (Lipinski definition) is 2. The minimum Gasteiger partial charge on any atom is -0.379 e. The van der Waals surface area contributed by atoms with Crippen LogP contribution in [0.2, 0.25) is 0 Å². The van der Waals surface area contributed by atoms with E-state index in [4.69, 9.17) is 0 Å². The lowest BCUT2D eigenvalue weighted by atomic mass is 10.1. The van der Waals surface area contributed by atoms with Gasteiger partial charge in [-0.05, 0) is 12.6 Å². The minimum atomic E-state index is 0.687. The number of hydrogen-bond donors (Lipinski definition) is 1. The molecule has 0 aromatic rings. The van der Waals surface area contributed by atoms with Crippen LogP contribution in [-0.4, -0.2) is 11.1 Å². The standard InChI is InChI=1S/C10H19NS/c1-2-3-4-5-7-10-11-8-6-9-12-10/h6,8,10-11H,2-5,7,9H2,1H3. The molecule has 0 amide bonds. The zero-order valence-electron chi connectivity index (χ0n) is 7.88. The topological polar surface area (TPSA) is 12.0 Å². The molecule has 0 spiro atoms. The van der Waals surface area contributed by atoms with E-state index in [0.29, 0.717) is 5.37 Å². The molecule has 1 N–H and O–H groups in total. The first-order valence-corrected chi connectivity index (χ1v) is 6.01. The van der Waals surface area contributed by atoms with Crippen LogP contribution in [-0.2, 0) is 0 Å². The summed E-state index contributed by atoms with van der Waals surface area (Å²) in [5.41, 5.74) is 0. The van der Waals surface area contributed by atoms with Gasteiger partial charge < -0.3 is 5.32 Å². The van der Waals surface area contributed by atoms with Crippen molar-refractivity contribution in [3.63, 3.8) is 0 Å². The van der Waals surface area contributed by atoms with Crippen molar-refractivity contribution in [3.8, 4) is 0 Å². The van der Waals surface area contributed by atoms with E-state index in [1.807, 2.05) is 11.8 Å². The summed E-state index contributed by atoms with van der Waals surface area (Å²) in [6, 6.07) is 0. The molecule has 0 bridgehead atoms. The maximum absolute atomic E-state index is 3.38. The van der Waals surface area contributed by atoms with E-state index in [0.717, 1.165) is 0 Å². The normalized spacial score (nSPS) is 22.2. The van der Waals surface area contributed by atoms with Gasteiger partial charge in [-0.1, -0.05) is 38.7 Å². The van der Waals surface area contributed by atoms with Crippen molar-refractivity contribution in [3.05, 3.63) is 12.3 Å². The van der Waals surface area contributed by atoms with Crippen molar-refractivity contribution in [2.45, 2.75) is 44.4 Å². The van der Waals surface area contributed by atoms with E-state index < -0.39 is 0 Å². The molecule has 0 saturated heterocycles. The molecule has 12 heavy (non-hydrogen) atoms. The summed E-state index contributed by atoms with van der Waals surface area (Å²) in [6.07, 6.45) is 11.1. The molecular weight excluding hydrogens is 166 g/mol. The quantitative estimate of drug-likeness (QED) is 0.660. The second kappa shape index (κ2) is 6.41. The Morgan fingerprint density at radius 1 is 1.42 bits per heavy atom. The van der Waals surface area contributed by atoms with Crippen LogP contribution in [0, 0.1) is 0 Å². The fourth-order valence-electron chi connectivity index (χ4n) is 1.37. The lowest BCUT2D eigenvalue weighted by molar-refractivity contribution is 0.596. The fraction of sp³-hybridized carbons (Fsp3) is 0.800. The summed E-state index contributed by atoms with van der Waals surface area (Å²) in [5.74, 6) is 1.19. The first kappa shape index (κ1) is 9.97. The van der Waals surface area contributed by atoms with Crippen molar-refractivity contribution in [1.29, 1.82) is 0 Å². The zero-order valence-corrected chi connectivity index (χ0v) is 8.70. The monoisotopic (exact) mass is 185 g/mol. The molecule has 1 aliphatic rings. The molecule has 1 nitrogen and oxygen atoms in total. The van der Waals surface area contributed by atoms with Crippen molar-refractivity contribution in [2.24, 2.45) is 0 Å². The van der Waals surface area contributed by atoms with Gasteiger partial charge >= 0.3 is 0 Å². The molecule has 0 aromatic carbocycles. The lowest BCUT2D eigenvalue weighted by Gasteiger charge is -2.19. The molecule has 70 valence electrons. The van der Waals surface area contributed by atoms with Gasteiger partial charge in [0.15, 0.2) is 0 Å². The average molecular weight is 185 g/mol. The second-order valence-corrected chi connectivity index (χ2v) is 4.48. The first-order valence-electron chi connectivity index (χ1n) is 4.96. The van der Waals surface area contributed by atoms with Crippen LogP contribution in [0.15, 0.2) is 12.3 Å². The predicted octanol–water partition coefficient (Wildman–Crippen LogP) is 3.13. The number of rotatable bonds is 5. The molecule has 1 atom stereocenters. The van der Waals surface area contributed by atoms with Crippen LogP contribution in [0.5, 0.6) is 0 Å². The highest BCUT2D eigenvalue weighted by Crippen LogP contribution is 2.18. The highest BCUT2D eigenvalue weighted by atomic mass is 32.2. The first-order chi connectivity index (χ1) is 5.93. The molecule has 0 radical (unpaired) electrons. The number of unbranched alkanes of at least 4 members (excludes halogenated alkanes) is 3. The Morgan fingerprint density at radius 2 is 2.33 bits per heavy atom. The molecule has 0 aromatic heterocycles. The van der Waals surface area contributed by atoms with Crippen molar-refractivity contribution >= 4 is 11.8 Å². The SMILES string of the molecule is CCCCCCC1NC=CCS1. The third kappa shape index (κ3) is 4.05.